The quantitative estimate of drug-likeness (QED) is 0.260. The molecule has 4 aromatic rings. The molecule has 7 nitrogen and oxygen atoms in total. The van der Waals surface area contributed by atoms with Crippen molar-refractivity contribution in [1.82, 2.24) is 9.55 Å². The Morgan fingerprint density at radius 1 is 1.15 bits per heavy atom. The van der Waals surface area contributed by atoms with Crippen LogP contribution in [0, 0.1) is 24.5 Å². The summed E-state index contributed by atoms with van der Waals surface area (Å²) >= 11 is 1.39. The zero-order valence-corrected chi connectivity index (χ0v) is 23.0. The van der Waals surface area contributed by atoms with Crippen LogP contribution in [0.3, 0.4) is 0 Å². The number of hydrogen-bond acceptors (Lipinski definition) is 6. The van der Waals surface area contributed by atoms with Gasteiger partial charge in [0.15, 0.2) is 5.69 Å². The molecular weight excluding hydrogens is 544 g/mol. The van der Waals surface area contributed by atoms with E-state index in [4.69, 9.17) is 9.88 Å². The summed E-state index contributed by atoms with van der Waals surface area (Å²) in [5, 5.41) is 5.79. The SMILES string of the molecule is CCOC(=O)c1nc(-c2cc(-c3ccc(F)cc3)n(Cc3ccc(S(N)(=O)=O)c(F)c3)c2CC2CC2)sc1C. The van der Waals surface area contributed by atoms with Crippen molar-refractivity contribution in [3.8, 4) is 21.8 Å². The minimum Gasteiger partial charge on any atom is -0.461 e. The zero-order valence-electron chi connectivity index (χ0n) is 21.4. The van der Waals surface area contributed by atoms with Crippen LogP contribution in [0.15, 0.2) is 53.4 Å². The molecular formula is C28H27F2N3O4S2. The van der Waals surface area contributed by atoms with Gasteiger partial charge in [-0.1, -0.05) is 6.07 Å². The largest absolute Gasteiger partial charge is 0.461 e. The molecule has 204 valence electrons. The van der Waals surface area contributed by atoms with Gasteiger partial charge in [0.1, 0.15) is 21.5 Å². The van der Waals surface area contributed by atoms with Gasteiger partial charge in [0.25, 0.3) is 0 Å². The summed E-state index contributed by atoms with van der Waals surface area (Å²) in [5.74, 6) is -1.30. The maximum absolute atomic E-state index is 14.7. The third-order valence-corrected chi connectivity index (χ3v) is 8.62. The average Bonchev–Trinajstić information content (AvgIpc) is 3.51. The van der Waals surface area contributed by atoms with Gasteiger partial charge in [-0.3, -0.25) is 0 Å². The second kappa shape index (κ2) is 10.6. The minimum absolute atomic E-state index is 0.228. The van der Waals surface area contributed by atoms with Gasteiger partial charge < -0.3 is 9.30 Å². The Hall–Kier alpha value is -3.41. The van der Waals surface area contributed by atoms with E-state index in [-0.39, 0.29) is 24.7 Å². The summed E-state index contributed by atoms with van der Waals surface area (Å²) in [4.78, 5) is 17.3. The summed E-state index contributed by atoms with van der Waals surface area (Å²) in [5.41, 5.74) is 4.11. The fraction of sp³-hybridized carbons (Fsp3) is 0.286. The van der Waals surface area contributed by atoms with E-state index in [0.29, 0.717) is 16.5 Å². The number of nitrogens with zero attached hydrogens (tertiary/aromatic N) is 2. The topological polar surface area (TPSA) is 104 Å². The van der Waals surface area contributed by atoms with Crippen molar-refractivity contribution in [3.05, 3.63) is 82.0 Å². The molecule has 0 bridgehead atoms. The molecule has 1 fully saturated rings. The van der Waals surface area contributed by atoms with Crippen LogP contribution in [0.1, 0.15) is 46.4 Å². The number of rotatable bonds is 9. The highest BCUT2D eigenvalue weighted by Gasteiger charge is 2.29. The van der Waals surface area contributed by atoms with Gasteiger partial charge in [-0.05, 0) is 92.6 Å². The lowest BCUT2D eigenvalue weighted by Gasteiger charge is -2.15. The second-order valence-corrected chi connectivity index (χ2v) is 12.3. The molecule has 1 aliphatic carbocycles. The van der Waals surface area contributed by atoms with Crippen molar-refractivity contribution in [2.75, 3.05) is 6.61 Å². The van der Waals surface area contributed by atoms with Gasteiger partial charge in [0, 0.05) is 28.4 Å². The molecule has 2 aromatic heterocycles. The van der Waals surface area contributed by atoms with Crippen molar-refractivity contribution in [1.29, 1.82) is 0 Å². The lowest BCUT2D eigenvalue weighted by Crippen LogP contribution is -2.14. The lowest BCUT2D eigenvalue weighted by atomic mass is 10.1. The molecule has 2 heterocycles. The number of aryl methyl sites for hydroxylation is 1. The molecule has 0 unspecified atom stereocenters. The summed E-state index contributed by atoms with van der Waals surface area (Å²) in [6.07, 6.45) is 2.90. The highest BCUT2D eigenvalue weighted by molar-refractivity contribution is 7.89. The Morgan fingerprint density at radius 3 is 2.49 bits per heavy atom. The molecule has 0 aliphatic heterocycles. The fourth-order valence-electron chi connectivity index (χ4n) is 4.59. The first-order valence-electron chi connectivity index (χ1n) is 12.5. The van der Waals surface area contributed by atoms with Gasteiger partial charge in [0.05, 0.1) is 6.61 Å². The van der Waals surface area contributed by atoms with Crippen molar-refractivity contribution >= 4 is 27.3 Å². The van der Waals surface area contributed by atoms with Crippen LogP contribution in [0.4, 0.5) is 8.78 Å². The van der Waals surface area contributed by atoms with E-state index in [9.17, 15) is 22.0 Å². The Morgan fingerprint density at radius 2 is 1.87 bits per heavy atom. The molecule has 5 rings (SSSR count). The van der Waals surface area contributed by atoms with E-state index in [1.54, 1.807) is 19.1 Å². The van der Waals surface area contributed by atoms with E-state index in [1.165, 1.54) is 41.7 Å². The maximum atomic E-state index is 14.7. The van der Waals surface area contributed by atoms with Crippen molar-refractivity contribution < 1.29 is 26.7 Å². The summed E-state index contributed by atoms with van der Waals surface area (Å²) in [6, 6.07) is 11.9. The van der Waals surface area contributed by atoms with Crippen LogP contribution in [0.2, 0.25) is 0 Å². The monoisotopic (exact) mass is 571 g/mol. The smallest absolute Gasteiger partial charge is 0.358 e. The van der Waals surface area contributed by atoms with E-state index in [0.717, 1.165) is 46.7 Å². The molecule has 2 aromatic carbocycles. The van der Waals surface area contributed by atoms with E-state index in [2.05, 4.69) is 4.98 Å². The first-order valence-corrected chi connectivity index (χ1v) is 14.9. The number of primary sulfonamides is 1. The number of halogens is 2. The molecule has 0 saturated heterocycles. The summed E-state index contributed by atoms with van der Waals surface area (Å²) in [7, 11) is -4.20. The van der Waals surface area contributed by atoms with Gasteiger partial charge in [0.2, 0.25) is 10.0 Å². The third-order valence-electron chi connectivity index (χ3n) is 6.67. The molecule has 11 heteroatoms. The zero-order chi connectivity index (χ0) is 27.9. The number of nitrogens with two attached hydrogens (primary N) is 1. The number of carbonyl (C=O) groups is 1. The van der Waals surface area contributed by atoms with E-state index in [1.807, 2.05) is 17.6 Å². The lowest BCUT2D eigenvalue weighted by molar-refractivity contribution is 0.0519. The molecule has 1 aliphatic rings. The average molecular weight is 572 g/mol. The van der Waals surface area contributed by atoms with Crippen molar-refractivity contribution in [2.24, 2.45) is 11.1 Å². The second-order valence-electron chi connectivity index (χ2n) is 9.58. The van der Waals surface area contributed by atoms with Crippen LogP contribution >= 0.6 is 11.3 Å². The highest BCUT2D eigenvalue weighted by atomic mass is 32.2. The number of benzene rings is 2. The number of thiazole rings is 1. The first kappa shape index (κ1) is 27.2. The Bertz CT molecular complexity index is 1660. The molecule has 0 spiro atoms. The Balaban J connectivity index is 1.67. The van der Waals surface area contributed by atoms with Crippen LogP contribution in [0.25, 0.3) is 21.8 Å². The van der Waals surface area contributed by atoms with E-state index < -0.39 is 26.7 Å². The van der Waals surface area contributed by atoms with Gasteiger partial charge >= 0.3 is 5.97 Å². The van der Waals surface area contributed by atoms with Crippen LogP contribution < -0.4 is 5.14 Å². The molecule has 1 saturated carbocycles. The maximum Gasteiger partial charge on any atom is 0.358 e. The molecule has 39 heavy (non-hydrogen) atoms. The van der Waals surface area contributed by atoms with Crippen LogP contribution in [0.5, 0.6) is 0 Å². The van der Waals surface area contributed by atoms with Gasteiger partial charge in [-0.2, -0.15) is 0 Å². The molecule has 0 amide bonds. The minimum atomic E-state index is -4.20. The van der Waals surface area contributed by atoms with Gasteiger partial charge in [-0.15, -0.1) is 11.3 Å². The Kier molecular flexibility index (Phi) is 7.41. The Labute approximate surface area is 229 Å². The fourth-order valence-corrected chi connectivity index (χ4v) is 6.11. The molecule has 2 N–H and O–H groups in total. The normalized spacial score (nSPS) is 13.6. The molecule has 0 radical (unpaired) electrons. The first-order chi connectivity index (χ1) is 18.5. The van der Waals surface area contributed by atoms with Crippen molar-refractivity contribution in [2.45, 2.75) is 44.6 Å². The number of ether oxygens (including phenoxy) is 1. The number of sulfonamides is 1. The predicted octanol–water partition coefficient (Wildman–Crippen LogP) is 5.69. The summed E-state index contributed by atoms with van der Waals surface area (Å²) in [6.45, 7) is 4.03. The molecule has 0 atom stereocenters. The number of carbonyl (C=O) groups excluding carboxylic acids is 1. The highest BCUT2D eigenvalue weighted by Crippen LogP contribution is 2.41. The number of esters is 1. The number of hydrogen-bond donors (Lipinski definition) is 1. The number of aromatic nitrogens is 2. The summed E-state index contributed by atoms with van der Waals surface area (Å²) < 4.78 is 59.2. The van der Waals surface area contributed by atoms with Gasteiger partial charge in [-0.25, -0.2) is 32.1 Å². The van der Waals surface area contributed by atoms with Crippen LogP contribution in [-0.4, -0.2) is 30.5 Å². The third kappa shape index (κ3) is 5.80. The van der Waals surface area contributed by atoms with E-state index >= 15 is 0 Å². The van der Waals surface area contributed by atoms with Crippen molar-refractivity contribution in [3.63, 3.8) is 0 Å². The van der Waals surface area contributed by atoms with Crippen LogP contribution in [-0.2, 0) is 27.7 Å². The predicted molar refractivity (Wildman–Crippen MR) is 145 cm³/mol. The standard InChI is InChI=1S/C28H27F2N3O4S2/c1-3-37-28(34)26-16(2)38-27(32-26)21-14-23(19-7-9-20(29)10-8-19)33(24(21)13-17-4-5-17)15-18-6-11-25(22(30)12-18)39(31,35)36/h6-12,14,17H,3-5,13,15H2,1-2H3,(H2,31,35,36).